The van der Waals surface area contributed by atoms with Crippen molar-refractivity contribution in [3.63, 3.8) is 0 Å². The summed E-state index contributed by atoms with van der Waals surface area (Å²) < 4.78 is 5.96. The van der Waals surface area contributed by atoms with Crippen molar-refractivity contribution < 1.29 is 14.6 Å². The van der Waals surface area contributed by atoms with E-state index in [2.05, 4.69) is 25.2 Å². The highest BCUT2D eigenvalue weighted by molar-refractivity contribution is 5.89. The molecule has 1 atom stereocenters. The number of aromatic nitrogens is 3. The predicted octanol–water partition coefficient (Wildman–Crippen LogP) is 2.83. The molecular formula is C24H29N7O3. The van der Waals surface area contributed by atoms with E-state index in [-0.39, 0.29) is 18.6 Å². The second kappa shape index (κ2) is 10.8. The summed E-state index contributed by atoms with van der Waals surface area (Å²) in [5, 5.41) is 13.0. The van der Waals surface area contributed by atoms with Gasteiger partial charge in [-0.15, -0.1) is 0 Å². The monoisotopic (exact) mass is 463 g/mol. The predicted molar refractivity (Wildman–Crippen MR) is 130 cm³/mol. The van der Waals surface area contributed by atoms with Gasteiger partial charge in [-0.25, -0.2) is 19.7 Å². The lowest BCUT2D eigenvalue weighted by molar-refractivity contribution is 0.173. The molecule has 0 aliphatic carbocycles. The summed E-state index contributed by atoms with van der Waals surface area (Å²) in [6.07, 6.45) is 3.40. The number of nitrogen functional groups attached to an aromatic ring is 1. The van der Waals surface area contributed by atoms with Gasteiger partial charge in [-0.3, -0.25) is 0 Å². The quantitative estimate of drug-likeness (QED) is 0.488. The molecule has 1 aliphatic rings. The van der Waals surface area contributed by atoms with E-state index in [1.165, 1.54) is 0 Å². The third-order valence-electron chi connectivity index (χ3n) is 5.63. The Balaban J connectivity index is 1.34. The number of nitrogens with one attached hydrogen (secondary N) is 1. The Morgan fingerprint density at radius 3 is 2.74 bits per heavy atom. The molecule has 2 aromatic heterocycles. The van der Waals surface area contributed by atoms with Crippen LogP contribution in [0, 0.1) is 0 Å². The number of benzene rings is 1. The Hall–Kier alpha value is -3.92. The molecule has 4 N–H and O–H groups in total. The van der Waals surface area contributed by atoms with Crippen molar-refractivity contribution in [1.29, 1.82) is 0 Å². The molecule has 0 bridgehead atoms. The van der Waals surface area contributed by atoms with Gasteiger partial charge in [0.2, 0.25) is 5.95 Å². The molecule has 1 aromatic carbocycles. The van der Waals surface area contributed by atoms with Crippen LogP contribution in [0.25, 0.3) is 0 Å². The number of urea groups is 1. The van der Waals surface area contributed by atoms with Gasteiger partial charge in [0.05, 0.1) is 11.8 Å². The minimum Gasteiger partial charge on any atom is -0.483 e. The average Bonchev–Trinajstić information content (AvgIpc) is 2.87. The third-order valence-corrected chi connectivity index (χ3v) is 5.63. The summed E-state index contributed by atoms with van der Waals surface area (Å²) in [7, 11) is 0. The number of rotatable bonds is 7. The fourth-order valence-corrected chi connectivity index (χ4v) is 3.76. The number of aliphatic hydroxyl groups is 1. The minimum atomic E-state index is -0.540. The van der Waals surface area contributed by atoms with E-state index in [1.807, 2.05) is 43.3 Å². The van der Waals surface area contributed by atoms with Crippen molar-refractivity contribution >= 4 is 23.5 Å². The molecule has 3 heterocycles. The number of aliphatic hydroxyl groups excluding tert-OH is 1. The Bertz CT molecular complexity index is 1120. The first-order valence-corrected chi connectivity index (χ1v) is 11.3. The van der Waals surface area contributed by atoms with Crippen LogP contribution < -0.4 is 20.7 Å². The number of nitrogens with zero attached hydrogens (tertiary/aromatic N) is 5. The lowest BCUT2D eigenvalue weighted by Crippen LogP contribution is -2.50. The van der Waals surface area contributed by atoms with Crippen molar-refractivity contribution in [2.75, 3.05) is 42.1 Å². The largest absolute Gasteiger partial charge is 0.483 e. The molecule has 10 nitrogen and oxygen atoms in total. The molecule has 178 valence electrons. The Morgan fingerprint density at radius 1 is 1.15 bits per heavy atom. The number of nitrogens with two attached hydrogens (primary N) is 1. The van der Waals surface area contributed by atoms with Gasteiger partial charge >= 0.3 is 6.03 Å². The number of carbonyl (C=O) groups is 1. The van der Waals surface area contributed by atoms with Gasteiger partial charge < -0.3 is 30.7 Å². The van der Waals surface area contributed by atoms with Gasteiger partial charge in [0.25, 0.3) is 0 Å². The van der Waals surface area contributed by atoms with Crippen molar-refractivity contribution in [2.45, 2.75) is 26.1 Å². The summed E-state index contributed by atoms with van der Waals surface area (Å²) in [4.78, 5) is 29.2. The van der Waals surface area contributed by atoms with E-state index >= 15 is 0 Å². The van der Waals surface area contributed by atoms with Gasteiger partial charge in [-0.05, 0) is 42.3 Å². The zero-order valence-electron chi connectivity index (χ0n) is 19.1. The molecule has 34 heavy (non-hydrogen) atoms. The molecule has 0 saturated carbocycles. The molecule has 0 radical (unpaired) electrons. The molecule has 1 aliphatic heterocycles. The number of hydrogen-bond acceptors (Lipinski definition) is 8. The maximum Gasteiger partial charge on any atom is 0.321 e. The van der Waals surface area contributed by atoms with E-state index in [4.69, 9.17) is 10.5 Å². The van der Waals surface area contributed by atoms with Crippen LogP contribution in [0.1, 0.15) is 30.7 Å². The maximum absolute atomic E-state index is 12.8. The second-order valence-electron chi connectivity index (χ2n) is 7.97. The summed E-state index contributed by atoms with van der Waals surface area (Å²) in [6, 6.07) is 12.6. The van der Waals surface area contributed by atoms with E-state index in [1.54, 1.807) is 23.4 Å². The SMILES string of the molecule is CCC(O)c1cccc(NC(=O)N2CCN(c3ncccc3OCc3ccnc(N)n3)CC2)c1. The Morgan fingerprint density at radius 2 is 1.97 bits per heavy atom. The van der Waals surface area contributed by atoms with Gasteiger partial charge in [0.15, 0.2) is 11.6 Å². The van der Waals surface area contributed by atoms with E-state index in [9.17, 15) is 9.90 Å². The third kappa shape index (κ3) is 5.70. The normalized spacial score (nSPS) is 14.5. The zero-order valence-corrected chi connectivity index (χ0v) is 19.1. The summed E-state index contributed by atoms with van der Waals surface area (Å²) in [5.41, 5.74) is 7.78. The fourth-order valence-electron chi connectivity index (χ4n) is 3.76. The van der Waals surface area contributed by atoms with Gasteiger partial charge in [0, 0.05) is 44.3 Å². The molecule has 1 fully saturated rings. The minimum absolute atomic E-state index is 0.165. The lowest BCUT2D eigenvalue weighted by atomic mass is 10.1. The van der Waals surface area contributed by atoms with E-state index in [0.717, 1.165) is 11.4 Å². The van der Waals surface area contributed by atoms with Crippen LogP contribution in [-0.4, -0.2) is 57.2 Å². The van der Waals surface area contributed by atoms with Crippen LogP contribution in [0.5, 0.6) is 5.75 Å². The van der Waals surface area contributed by atoms with E-state index < -0.39 is 6.10 Å². The molecule has 1 saturated heterocycles. The standard InChI is InChI=1S/C24H29N7O3/c1-2-20(32)17-5-3-6-18(15-17)29-24(33)31-13-11-30(12-14-31)22-21(7-4-9-26-22)34-16-19-8-10-27-23(25)28-19/h3-10,15,20,32H,2,11-14,16H2,1H3,(H,29,33)(H2,25,27,28). The van der Waals surface area contributed by atoms with Crippen LogP contribution in [-0.2, 0) is 6.61 Å². The molecule has 10 heteroatoms. The van der Waals surface area contributed by atoms with Crippen LogP contribution in [0.15, 0.2) is 54.9 Å². The summed E-state index contributed by atoms with van der Waals surface area (Å²) in [5.74, 6) is 1.57. The molecular weight excluding hydrogens is 434 g/mol. The van der Waals surface area contributed by atoms with Crippen molar-refractivity contribution in [1.82, 2.24) is 19.9 Å². The molecule has 3 aromatic rings. The zero-order chi connectivity index (χ0) is 23.9. The average molecular weight is 464 g/mol. The molecule has 4 rings (SSSR count). The molecule has 1 unspecified atom stereocenters. The van der Waals surface area contributed by atoms with Crippen LogP contribution in [0.4, 0.5) is 22.2 Å². The number of carbonyl (C=O) groups excluding carboxylic acids is 1. The van der Waals surface area contributed by atoms with Gasteiger partial charge in [-0.2, -0.15) is 0 Å². The fraction of sp³-hybridized carbons (Fsp3) is 0.333. The summed E-state index contributed by atoms with van der Waals surface area (Å²) >= 11 is 0. The lowest BCUT2D eigenvalue weighted by Gasteiger charge is -2.35. The van der Waals surface area contributed by atoms with Crippen LogP contribution >= 0.6 is 0 Å². The van der Waals surface area contributed by atoms with Crippen molar-refractivity contribution in [3.8, 4) is 5.75 Å². The summed E-state index contributed by atoms with van der Waals surface area (Å²) in [6.45, 7) is 4.49. The highest BCUT2D eigenvalue weighted by Crippen LogP contribution is 2.27. The Labute approximate surface area is 198 Å². The number of ether oxygens (including phenoxy) is 1. The number of amides is 2. The highest BCUT2D eigenvalue weighted by Gasteiger charge is 2.24. The molecule has 0 spiro atoms. The number of piperazine rings is 1. The second-order valence-corrected chi connectivity index (χ2v) is 7.97. The van der Waals surface area contributed by atoms with Crippen LogP contribution in [0.3, 0.4) is 0 Å². The van der Waals surface area contributed by atoms with Gasteiger partial charge in [-0.1, -0.05) is 19.1 Å². The van der Waals surface area contributed by atoms with Crippen molar-refractivity contribution in [3.05, 3.63) is 66.1 Å². The van der Waals surface area contributed by atoms with E-state index in [0.29, 0.717) is 49.7 Å². The first-order valence-electron chi connectivity index (χ1n) is 11.3. The van der Waals surface area contributed by atoms with Crippen LogP contribution in [0.2, 0.25) is 0 Å². The first-order chi connectivity index (χ1) is 16.5. The number of anilines is 3. The Kier molecular flexibility index (Phi) is 7.38. The topological polar surface area (TPSA) is 130 Å². The molecule has 2 amide bonds. The smallest absolute Gasteiger partial charge is 0.321 e. The van der Waals surface area contributed by atoms with Crippen molar-refractivity contribution in [2.24, 2.45) is 0 Å². The maximum atomic E-state index is 12.8. The first kappa shape index (κ1) is 23.2. The highest BCUT2D eigenvalue weighted by atomic mass is 16.5. The van der Waals surface area contributed by atoms with Gasteiger partial charge in [0.1, 0.15) is 6.61 Å². The number of pyridine rings is 1. The number of hydrogen-bond donors (Lipinski definition) is 3.